The Hall–Kier alpha value is -1.07. The summed E-state index contributed by atoms with van der Waals surface area (Å²) < 4.78 is 1.14. The third-order valence-corrected chi connectivity index (χ3v) is 4.20. The highest BCUT2D eigenvalue weighted by atomic mass is 79.9. The van der Waals surface area contributed by atoms with Gasteiger partial charge in [-0.05, 0) is 45.9 Å². The summed E-state index contributed by atoms with van der Waals surface area (Å²) in [5, 5.41) is 5.33. The Labute approximate surface area is 107 Å². The molecule has 0 spiro atoms. The SMILES string of the molecule is Cc1cc(NCc2sccc2Br)ncc1N. The van der Waals surface area contributed by atoms with Crippen LogP contribution in [0.15, 0.2) is 28.2 Å². The molecule has 84 valence electrons. The molecule has 0 fully saturated rings. The Balaban J connectivity index is 2.05. The van der Waals surface area contributed by atoms with Crippen LogP contribution >= 0.6 is 27.3 Å². The summed E-state index contributed by atoms with van der Waals surface area (Å²) in [6.45, 7) is 2.75. The van der Waals surface area contributed by atoms with E-state index < -0.39 is 0 Å². The van der Waals surface area contributed by atoms with Gasteiger partial charge in [-0.1, -0.05) is 0 Å². The number of nitrogen functional groups attached to an aromatic ring is 1. The molecule has 2 rings (SSSR count). The predicted molar refractivity (Wildman–Crippen MR) is 72.7 cm³/mol. The summed E-state index contributed by atoms with van der Waals surface area (Å²) in [5.41, 5.74) is 7.48. The van der Waals surface area contributed by atoms with Gasteiger partial charge in [-0.25, -0.2) is 4.98 Å². The van der Waals surface area contributed by atoms with Crippen LogP contribution in [0.5, 0.6) is 0 Å². The highest BCUT2D eigenvalue weighted by Crippen LogP contribution is 2.23. The third kappa shape index (κ3) is 2.54. The number of thiophene rings is 1. The maximum Gasteiger partial charge on any atom is 0.126 e. The van der Waals surface area contributed by atoms with Crippen LogP contribution in [0.3, 0.4) is 0 Å². The first-order valence-electron chi connectivity index (χ1n) is 4.84. The van der Waals surface area contributed by atoms with Gasteiger partial charge in [-0.2, -0.15) is 0 Å². The molecule has 0 aromatic carbocycles. The van der Waals surface area contributed by atoms with Crippen molar-refractivity contribution in [2.24, 2.45) is 0 Å². The number of aromatic nitrogens is 1. The van der Waals surface area contributed by atoms with Gasteiger partial charge in [0.2, 0.25) is 0 Å². The zero-order valence-corrected chi connectivity index (χ0v) is 11.2. The number of nitrogens with zero attached hydrogens (tertiary/aromatic N) is 1. The summed E-state index contributed by atoms with van der Waals surface area (Å²) in [6.07, 6.45) is 1.68. The smallest absolute Gasteiger partial charge is 0.126 e. The minimum atomic E-state index is 0.725. The van der Waals surface area contributed by atoms with Crippen molar-refractivity contribution in [1.82, 2.24) is 4.98 Å². The Morgan fingerprint density at radius 2 is 2.38 bits per heavy atom. The van der Waals surface area contributed by atoms with E-state index in [0.717, 1.165) is 28.1 Å². The van der Waals surface area contributed by atoms with Crippen molar-refractivity contribution < 1.29 is 0 Å². The largest absolute Gasteiger partial charge is 0.397 e. The van der Waals surface area contributed by atoms with Crippen LogP contribution in [0.25, 0.3) is 0 Å². The van der Waals surface area contributed by atoms with E-state index in [9.17, 15) is 0 Å². The van der Waals surface area contributed by atoms with Crippen LogP contribution in [0.1, 0.15) is 10.4 Å². The standard InChI is InChI=1S/C11H12BrN3S/c1-7-4-11(14-5-9(7)13)15-6-10-8(12)2-3-16-10/h2-5H,6,13H2,1H3,(H,14,15). The number of hydrogen-bond donors (Lipinski definition) is 2. The normalized spacial score (nSPS) is 10.4. The molecule has 0 unspecified atom stereocenters. The zero-order chi connectivity index (χ0) is 11.5. The molecule has 0 radical (unpaired) electrons. The molecule has 0 amide bonds. The molecule has 0 bridgehead atoms. The van der Waals surface area contributed by atoms with Gasteiger partial charge in [0.25, 0.3) is 0 Å². The molecule has 3 N–H and O–H groups in total. The number of halogens is 1. The fourth-order valence-electron chi connectivity index (χ4n) is 1.29. The van der Waals surface area contributed by atoms with Gasteiger partial charge >= 0.3 is 0 Å². The lowest BCUT2D eigenvalue weighted by atomic mass is 10.2. The average molecular weight is 298 g/mol. The second kappa shape index (κ2) is 4.84. The number of anilines is 2. The van der Waals surface area contributed by atoms with Crippen LogP contribution in [0.2, 0.25) is 0 Å². The number of hydrogen-bond acceptors (Lipinski definition) is 4. The molecular weight excluding hydrogens is 286 g/mol. The fourth-order valence-corrected chi connectivity index (χ4v) is 2.72. The number of nitrogens with one attached hydrogen (secondary N) is 1. The fraction of sp³-hybridized carbons (Fsp3) is 0.182. The van der Waals surface area contributed by atoms with Crippen LogP contribution in [-0.2, 0) is 6.54 Å². The van der Waals surface area contributed by atoms with E-state index in [1.807, 2.05) is 19.1 Å². The molecule has 2 aromatic rings. The summed E-state index contributed by atoms with van der Waals surface area (Å²) in [5.74, 6) is 0.854. The van der Waals surface area contributed by atoms with Crippen molar-refractivity contribution in [3.05, 3.63) is 38.6 Å². The average Bonchev–Trinajstić information content (AvgIpc) is 2.66. The molecule has 5 heteroatoms. The molecule has 2 aromatic heterocycles. The van der Waals surface area contributed by atoms with Crippen molar-refractivity contribution in [1.29, 1.82) is 0 Å². The molecule has 0 saturated carbocycles. The number of aryl methyl sites for hydroxylation is 1. The lowest BCUT2D eigenvalue weighted by molar-refractivity contribution is 1.13. The molecule has 2 heterocycles. The van der Waals surface area contributed by atoms with E-state index >= 15 is 0 Å². The summed E-state index contributed by atoms with van der Waals surface area (Å²) >= 11 is 5.21. The minimum absolute atomic E-state index is 0.725. The molecule has 0 atom stereocenters. The molecule has 0 aliphatic rings. The van der Waals surface area contributed by atoms with Gasteiger partial charge in [0.05, 0.1) is 18.4 Å². The Morgan fingerprint density at radius 1 is 1.56 bits per heavy atom. The summed E-state index contributed by atoms with van der Waals surface area (Å²) in [6, 6.07) is 4.00. The van der Waals surface area contributed by atoms with Crippen LogP contribution in [0.4, 0.5) is 11.5 Å². The molecule has 0 saturated heterocycles. The van der Waals surface area contributed by atoms with E-state index in [1.54, 1.807) is 17.5 Å². The zero-order valence-electron chi connectivity index (χ0n) is 8.83. The number of rotatable bonds is 3. The second-order valence-corrected chi connectivity index (χ2v) is 5.33. The van der Waals surface area contributed by atoms with E-state index in [0.29, 0.717) is 0 Å². The van der Waals surface area contributed by atoms with Crippen molar-refractivity contribution >= 4 is 38.8 Å². The van der Waals surface area contributed by atoms with Crippen LogP contribution < -0.4 is 11.1 Å². The first kappa shape index (κ1) is 11.4. The Morgan fingerprint density at radius 3 is 3.00 bits per heavy atom. The van der Waals surface area contributed by atoms with Gasteiger partial charge < -0.3 is 11.1 Å². The van der Waals surface area contributed by atoms with E-state index in [2.05, 4.69) is 31.6 Å². The topological polar surface area (TPSA) is 50.9 Å². The molecule has 0 aliphatic carbocycles. The maximum absolute atomic E-state index is 5.71. The van der Waals surface area contributed by atoms with Gasteiger partial charge in [-0.3, -0.25) is 0 Å². The third-order valence-electron chi connectivity index (χ3n) is 2.27. The molecular formula is C11H12BrN3S. The van der Waals surface area contributed by atoms with E-state index in [1.165, 1.54) is 4.88 Å². The maximum atomic E-state index is 5.71. The van der Waals surface area contributed by atoms with E-state index in [4.69, 9.17) is 5.73 Å². The molecule has 16 heavy (non-hydrogen) atoms. The number of pyridine rings is 1. The Kier molecular flexibility index (Phi) is 3.46. The first-order valence-corrected chi connectivity index (χ1v) is 6.52. The summed E-state index contributed by atoms with van der Waals surface area (Å²) in [7, 11) is 0. The van der Waals surface area contributed by atoms with Gasteiger partial charge in [0, 0.05) is 9.35 Å². The van der Waals surface area contributed by atoms with Crippen molar-refractivity contribution in [2.45, 2.75) is 13.5 Å². The molecule has 3 nitrogen and oxygen atoms in total. The van der Waals surface area contributed by atoms with Crippen molar-refractivity contribution in [3.8, 4) is 0 Å². The minimum Gasteiger partial charge on any atom is -0.397 e. The van der Waals surface area contributed by atoms with Crippen LogP contribution in [0, 0.1) is 6.92 Å². The van der Waals surface area contributed by atoms with Crippen molar-refractivity contribution in [2.75, 3.05) is 11.1 Å². The number of nitrogens with two attached hydrogens (primary N) is 1. The monoisotopic (exact) mass is 297 g/mol. The predicted octanol–water partition coefficient (Wildman–Crippen LogP) is 3.41. The highest BCUT2D eigenvalue weighted by molar-refractivity contribution is 9.10. The van der Waals surface area contributed by atoms with Crippen molar-refractivity contribution in [3.63, 3.8) is 0 Å². The second-order valence-electron chi connectivity index (χ2n) is 3.47. The van der Waals surface area contributed by atoms with Crippen LogP contribution in [-0.4, -0.2) is 4.98 Å². The van der Waals surface area contributed by atoms with E-state index in [-0.39, 0.29) is 0 Å². The quantitative estimate of drug-likeness (QED) is 0.913. The van der Waals surface area contributed by atoms with Gasteiger partial charge in [-0.15, -0.1) is 11.3 Å². The lowest BCUT2D eigenvalue weighted by Crippen LogP contribution is -2.01. The summed E-state index contributed by atoms with van der Waals surface area (Å²) in [4.78, 5) is 5.48. The first-order chi connectivity index (χ1) is 7.66. The van der Waals surface area contributed by atoms with Gasteiger partial charge in [0.15, 0.2) is 0 Å². The Bertz CT molecular complexity index is 496. The van der Waals surface area contributed by atoms with Gasteiger partial charge in [0.1, 0.15) is 5.82 Å². The molecule has 0 aliphatic heterocycles. The lowest BCUT2D eigenvalue weighted by Gasteiger charge is -2.06. The highest BCUT2D eigenvalue weighted by Gasteiger charge is 2.02.